The van der Waals surface area contributed by atoms with Crippen LogP contribution in [0.5, 0.6) is 5.75 Å². The summed E-state index contributed by atoms with van der Waals surface area (Å²) in [5, 5.41) is 6.15. The van der Waals surface area contributed by atoms with Gasteiger partial charge in [0, 0.05) is 19.3 Å². The van der Waals surface area contributed by atoms with Crippen molar-refractivity contribution in [3.63, 3.8) is 0 Å². The number of rotatable bonds is 5. The number of aromatic nitrogens is 1. The number of amides is 1. The molecule has 0 fully saturated rings. The fraction of sp³-hybridized carbons (Fsp3) is 0.467. The lowest BCUT2D eigenvalue weighted by Crippen LogP contribution is -2.30. The van der Waals surface area contributed by atoms with Gasteiger partial charge in [-0.25, -0.2) is 4.98 Å². The molecule has 5 nitrogen and oxygen atoms in total. The molecule has 0 saturated carbocycles. The lowest BCUT2D eigenvalue weighted by Gasteiger charge is -2.16. The number of carbonyl (C=O) groups excluding carboxylic acids is 1. The van der Waals surface area contributed by atoms with Crippen LogP contribution in [0.15, 0.2) is 30.0 Å². The minimum Gasteiger partial charge on any atom is -0.489 e. The molecule has 0 saturated heterocycles. The van der Waals surface area contributed by atoms with E-state index in [0.717, 1.165) is 19.5 Å². The number of pyridine rings is 1. The smallest absolute Gasteiger partial charge is 0.273 e. The van der Waals surface area contributed by atoms with Crippen molar-refractivity contribution in [3.8, 4) is 5.75 Å². The highest BCUT2D eigenvalue weighted by Crippen LogP contribution is 2.17. The highest BCUT2D eigenvalue weighted by Gasteiger charge is 2.15. The Balaban J connectivity index is 1.99. The van der Waals surface area contributed by atoms with Crippen molar-refractivity contribution >= 4 is 5.91 Å². The summed E-state index contributed by atoms with van der Waals surface area (Å²) in [5.74, 6) is 0.333. The van der Waals surface area contributed by atoms with E-state index in [9.17, 15) is 4.79 Å². The van der Waals surface area contributed by atoms with Crippen molar-refractivity contribution in [1.29, 1.82) is 0 Å². The molecule has 0 aromatic carbocycles. The fourth-order valence-electron chi connectivity index (χ4n) is 2.02. The molecule has 2 heterocycles. The SMILES string of the molecule is CC(C)Oc1cccnc1C(=O)NCC1=CCNCC1. The average Bonchev–Trinajstić information content (AvgIpc) is 2.46. The van der Waals surface area contributed by atoms with Crippen LogP contribution >= 0.6 is 0 Å². The van der Waals surface area contributed by atoms with Gasteiger partial charge in [0.15, 0.2) is 11.4 Å². The van der Waals surface area contributed by atoms with Gasteiger partial charge in [-0.2, -0.15) is 0 Å². The molecule has 1 aliphatic heterocycles. The van der Waals surface area contributed by atoms with Crippen molar-refractivity contribution in [3.05, 3.63) is 35.7 Å². The normalized spacial score (nSPS) is 14.8. The summed E-state index contributed by atoms with van der Waals surface area (Å²) in [6.07, 6.45) is 4.70. The zero-order valence-corrected chi connectivity index (χ0v) is 12.0. The maximum atomic E-state index is 12.2. The van der Waals surface area contributed by atoms with E-state index in [4.69, 9.17) is 4.74 Å². The zero-order valence-electron chi connectivity index (χ0n) is 12.0. The van der Waals surface area contributed by atoms with Gasteiger partial charge in [0.2, 0.25) is 0 Å². The average molecular weight is 275 g/mol. The van der Waals surface area contributed by atoms with Crippen LogP contribution in [-0.4, -0.2) is 36.6 Å². The maximum absolute atomic E-state index is 12.2. The molecule has 0 spiro atoms. The number of hydrogen-bond donors (Lipinski definition) is 2. The lowest BCUT2D eigenvalue weighted by atomic mass is 10.1. The molecule has 20 heavy (non-hydrogen) atoms. The highest BCUT2D eigenvalue weighted by atomic mass is 16.5. The van der Waals surface area contributed by atoms with Crippen LogP contribution in [0, 0.1) is 0 Å². The minimum absolute atomic E-state index is 0.0119. The molecular weight excluding hydrogens is 254 g/mol. The van der Waals surface area contributed by atoms with Crippen LogP contribution < -0.4 is 15.4 Å². The number of hydrogen-bond acceptors (Lipinski definition) is 4. The first-order valence-electron chi connectivity index (χ1n) is 6.95. The summed E-state index contributed by atoms with van der Waals surface area (Å²) in [4.78, 5) is 16.3. The fourth-order valence-corrected chi connectivity index (χ4v) is 2.02. The number of nitrogens with one attached hydrogen (secondary N) is 2. The van der Waals surface area contributed by atoms with E-state index in [1.807, 2.05) is 13.8 Å². The van der Waals surface area contributed by atoms with Crippen LogP contribution in [0.3, 0.4) is 0 Å². The number of nitrogens with zero attached hydrogens (tertiary/aromatic N) is 1. The molecule has 0 bridgehead atoms. The molecule has 2 N–H and O–H groups in total. The zero-order chi connectivity index (χ0) is 14.4. The topological polar surface area (TPSA) is 63.2 Å². The second-order valence-electron chi connectivity index (χ2n) is 5.02. The number of carbonyl (C=O) groups is 1. The Morgan fingerprint density at radius 2 is 2.40 bits per heavy atom. The Hall–Kier alpha value is -1.88. The first-order chi connectivity index (χ1) is 9.66. The third-order valence-corrected chi connectivity index (χ3v) is 2.98. The van der Waals surface area contributed by atoms with E-state index >= 15 is 0 Å². The molecule has 0 aliphatic carbocycles. The van der Waals surface area contributed by atoms with Gasteiger partial charge in [0.25, 0.3) is 5.91 Å². The highest BCUT2D eigenvalue weighted by molar-refractivity contribution is 5.95. The van der Waals surface area contributed by atoms with E-state index < -0.39 is 0 Å². The summed E-state index contributed by atoms with van der Waals surface area (Å²) in [7, 11) is 0. The van der Waals surface area contributed by atoms with Crippen LogP contribution in [-0.2, 0) is 0 Å². The molecule has 2 rings (SSSR count). The standard InChI is InChI=1S/C15H21N3O2/c1-11(2)20-13-4-3-7-17-14(13)15(19)18-10-12-5-8-16-9-6-12/h3-5,7,11,16H,6,8-10H2,1-2H3,(H,18,19). The van der Waals surface area contributed by atoms with Gasteiger partial charge >= 0.3 is 0 Å². The first kappa shape index (κ1) is 14.5. The van der Waals surface area contributed by atoms with Crippen LogP contribution in [0.4, 0.5) is 0 Å². The van der Waals surface area contributed by atoms with E-state index in [0.29, 0.717) is 18.0 Å². The Labute approximate surface area is 119 Å². The summed E-state index contributed by atoms with van der Waals surface area (Å²) < 4.78 is 5.61. The van der Waals surface area contributed by atoms with Crippen molar-refractivity contribution in [2.75, 3.05) is 19.6 Å². The van der Waals surface area contributed by atoms with Crippen molar-refractivity contribution in [1.82, 2.24) is 15.6 Å². The molecule has 0 atom stereocenters. The quantitative estimate of drug-likeness (QED) is 0.800. The van der Waals surface area contributed by atoms with E-state index in [1.54, 1.807) is 18.3 Å². The van der Waals surface area contributed by atoms with Crippen molar-refractivity contribution < 1.29 is 9.53 Å². The Morgan fingerprint density at radius 1 is 1.55 bits per heavy atom. The molecule has 0 radical (unpaired) electrons. The summed E-state index contributed by atoms with van der Waals surface area (Å²) >= 11 is 0. The third-order valence-electron chi connectivity index (χ3n) is 2.98. The molecular formula is C15H21N3O2. The monoisotopic (exact) mass is 275 g/mol. The summed E-state index contributed by atoms with van der Waals surface area (Å²) in [5.41, 5.74) is 1.59. The summed E-state index contributed by atoms with van der Waals surface area (Å²) in [6, 6.07) is 3.54. The van der Waals surface area contributed by atoms with E-state index in [-0.39, 0.29) is 12.0 Å². The maximum Gasteiger partial charge on any atom is 0.273 e. The van der Waals surface area contributed by atoms with Crippen LogP contribution in [0.25, 0.3) is 0 Å². The van der Waals surface area contributed by atoms with E-state index in [1.165, 1.54) is 5.57 Å². The van der Waals surface area contributed by atoms with E-state index in [2.05, 4.69) is 21.7 Å². The Morgan fingerprint density at radius 3 is 3.10 bits per heavy atom. The van der Waals surface area contributed by atoms with Crippen molar-refractivity contribution in [2.45, 2.75) is 26.4 Å². The van der Waals surface area contributed by atoms with Crippen LogP contribution in [0.2, 0.25) is 0 Å². The third kappa shape index (κ3) is 4.06. The predicted octanol–water partition coefficient (Wildman–Crippen LogP) is 1.52. The number of ether oxygens (including phenoxy) is 1. The molecule has 108 valence electrons. The first-order valence-corrected chi connectivity index (χ1v) is 6.95. The largest absolute Gasteiger partial charge is 0.489 e. The van der Waals surface area contributed by atoms with Gasteiger partial charge in [0.05, 0.1) is 6.10 Å². The second kappa shape index (κ2) is 7.05. The molecule has 1 amide bonds. The Kier molecular flexibility index (Phi) is 5.12. The minimum atomic E-state index is -0.194. The molecule has 1 aromatic rings. The molecule has 5 heteroatoms. The molecule has 0 unspecified atom stereocenters. The summed E-state index contributed by atoms with van der Waals surface area (Å²) in [6.45, 7) is 6.25. The van der Waals surface area contributed by atoms with Gasteiger partial charge < -0.3 is 15.4 Å². The second-order valence-corrected chi connectivity index (χ2v) is 5.02. The molecule has 1 aliphatic rings. The lowest BCUT2D eigenvalue weighted by molar-refractivity contribution is 0.0945. The van der Waals surface area contributed by atoms with Gasteiger partial charge in [-0.15, -0.1) is 0 Å². The van der Waals surface area contributed by atoms with Gasteiger partial charge in [-0.3, -0.25) is 4.79 Å². The van der Waals surface area contributed by atoms with Gasteiger partial charge in [0.1, 0.15) is 0 Å². The van der Waals surface area contributed by atoms with Crippen LogP contribution in [0.1, 0.15) is 30.8 Å². The van der Waals surface area contributed by atoms with Gasteiger partial charge in [-0.05, 0) is 38.9 Å². The van der Waals surface area contributed by atoms with Gasteiger partial charge in [-0.1, -0.05) is 11.6 Å². The Bertz CT molecular complexity index is 498. The molecule has 1 aromatic heterocycles. The van der Waals surface area contributed by atoms with Crippen molar-refractivity contribution in [2.24, 2.45) is 0 Å². The predicted molar refractivity (Wildman–Crippen MR) is 77.9 cm³/mol.